The number of benzene rings is 2. The van der Waals surface area contributed by atoms with Gasteiger partial charge in [0.05, 0.1) is 40.6 Å². The van der Waals surface area contributed by atoms with E-state index in [1.807, 2.05) is 37.3 Å². The summed E-state index contributed by atoms with van der Waals surface area (Å²) in [6, 6.07) is 11.2. The Balaban J connectivity index is 1.78. The van der Waals surface area contributed by atoms with Crippen LogP contribution in [0.25, 0.3) is 0 Å². The molecule has 208 valence electrons. The lowest BCUT2D eigenvalue weighted by Crippen LogP contribution is -2.36. The summed E-state index contributed by atoms with van der Waals surface area (Å²) in [5.41, 5.74) is 4.08. The van der Waals surface area contributed by atoms with Crippen molar-refractivity contribution in [2.24, 2.45) is 0 Å². The summed E-state index contributed by atoms with van der Waals surface area (Å²) in [6.07, 6.45) is 0.870. The molecule has 0 saturated heterocycles. The number of nitrogens with one attached hydrogen (secondary N) is 1. The second kappa shape index (κ2) is 12.3. The van der Waals surface area contributed by atoms with Gasteiger partial charge in [0.2, 0.25) is 0 Å². The van der Waals surface area contributed by atoms with Crippen LogP contribution >= 0.6 is 0 Å². The molecule has 4 rings (SSSR count). The van der Waals surface area contributed by atoms with E-state index in [0.29, 0.717) is 46.3 Å². The van der Waals surface area contributed by atoms with Crippen LogP contribution < -0.4 is 24.3 Å². The first-order chi connectivity index (χ1) is 18.9. The van der Waals surface area contributed by atoms with E-state index in [2.05, 4.69) is 5.32 Å². The van der Waals surface area contributed by atoms with Crippen molar-refractivity contribution in [1.82, 2.24) is 5.32 Å². The van der Waals surface area contributed by atoms with Crippen molar-refractivity contribution < 1.29 is 38.0 Å². The molecule has 1 N–H and O–H groups in total. The number of carbonyl (C=O) groups is 2. The average molecular weight is 538 g/mol. The van der Waals surface area contributed by atoms with Gasteiger partial charge in [-0.1, -0.05) is 12.1 Å². The third-order valence-corrected chi connectivity index (χ3v) is 7.19. The van der Waals surface area contributed by atoms with Gasteiger partial charge in [-0.05, 0) is 54.7 Å². The summed E-state index contributed by atoms with van der Waals surface area (Å²) in [7, 11) is 7.83. The normalized spacial score (nSPS) is 18.8. The highest BCUT2D eigenvalue weighted by Gasteiger charge is 2.41. The van der Waals surface area contributed by atoms with Crippen LogP contribution in [-0.2, 0) is 19.1 Å². The highest BCUT2D eigenvalue weighted by molar-refractivity contribution is 6.04. The molecule has 2 aromatic rings. The first kappa shape index (κ1) is 28.0. The third-order valence-electron chi connectivity index (χ3n) is 7.19. The highest BCUT2D eigenvalue weighted by Crippen LogP contribution is 2.47. The predicted octanol–water partition coefficient (Wildman–Crippen LogP) is 4.27. The fourth-order valence-corrected chi connectivity index (χ4v) is 5.31. The van der Waals surface area contributed by atoms with Gasteiger partial charge in [0, 0.05) is 36.4 Å². The van der Waals surface area contributed by atoms with Crippen LogP contribution in [0.4, 0.5) is 0 Å². The molecule has 9 nitrogen and oxygen atoms in total. The van der Waals surface area contributed by atoms with Crippen molar-refractivity contribution in [2.75, 3.05) is 48.8 Å². The minimum Gasteiger partial charge on any atom is -0.493 e. The Bertz CT molecular complexity index is 1310. The van der Waals surface area contributed by atoms with Crippen molar-refractivity contribution in [3.8, 4) is 23.0 Å². The molecule has 0 radical (unpaired) electrons. The van der Waals surface area contributed by atoms with Crippen LogP contribution in [0.15, 0.2) is 58.9 Å². The second-order valence-electron chi connectivity index (χ2n) is 9.37. The number of rotatable bonds is 10. The van der Waals surface area contributed by atoms with Crippen LogP contribution in [0.3, 0.4) is 0 Å². The van der Waals surface area contributed by atoms with Crippen LogP contribution in [-0.4, -0.2) is 60.5 Å². The number of Topliss-reactive ketones (excluding diaryl/α,β-unsaturated/α-hetero) is 1. The number of carbonyl (C=O) groups excluding carboxylic acids is 2. The van der Waals surface area contributed by atoms with E-state index >= 15 is 0 Å². The lowest BCUT2D eigenvalue weighted by Gasteiger charge is -2.37. The van der Waals surface area contributed by atoms with Crippen LogP contribution in [0.5, 0.6) is 23.0 Å². The summed E-state index contributed by atoms with van der Waals surface area (Å²) in [4.78, 5) is 27.2. The Morgan fingerprint density at radius 2 is 1.41 bits per heavy atom. The van der Waals surface area contributed by atoms with Gasteiger partial charge in [0.15, 0.2) is 28.8 Å². The van der Waals surface area contributed by atoms with Gasteiger partial charge in [-0.3, -0.25) is 4.79 Å². The van der Waals surface area contributed by atoms with Crippen LogP contribution in [0, 0.1) is 0 Å². The molecule has 0 unspecified atom stereocenters. The first-order valence-corrected chi connectivity index (χ1v) is 12.7. The van der Waals surface area contributed by atoms with E-state index in [9.17, 15) is 9.59 Å². The monoisotopic (exact) mass is 537 g/mol. The zero-order chi connectivity index (χ0) is 28.1. The number of allylic oxidation sites excluding steroid dienone is 3. The molecule has 0 fully saturated rings. The Hall–Kier alpha value is -3.98. The molecule has 0 bridgehead atoms. The van der Waals surface area contributed by atoms with Gasteiger partial charge in [-0.2, -0.15) is 0 Å². The average Bonchev–Trinajstić information content (AvgIpc) is 2.95. The minimum absolute atomic E-state index is 0.0435. The molecular weight excluding hydrogens is 502 g/mol. The van der Waals surface area contributed by atoms with Crippen LogP contribution in [0.2, 0.25) is 0 Å². The Morgan fingerprint density at radius 1 is 0.821 bits per heavy atom. The van der Waals surface area contributed by atoms with E-state index < -0.39 is 11.9 Å². The molecule has 1 heterocycles. The van der Waals surface area contributed by atoms with Crippen molar-refractivity contribution >= 4 is 11.8 Å². The molecule has 1 aliphatic carbocycles. The fourth-order valence-electron chi connectivity index (χ4n) is 5.31. The largest absolute Gasteiger partial charge is 0.493 e. The molecule has 0 spiro atoms. The fraction of sp³-hybridized carbons (Fsp3) is 0.400. The number of hydrogen-bond acceptors (Lipinski definition) is 9. The molecule has 0 aromatic heterocycles. The lowest BCUT2D eigenvalue weighted by atomic mass is 9.71. The third kappa shape index (κ3) is 5.59. The van der Waals surface area contributed by atoms with Gasteiger partial charge in [0.1, 0.15) is 6.61 Å². The van der Waals surface area contributed by atoms with Crippen molar-refractivity contribution in [3.63, 3.8) is 0 Å². The van der Waals surface area contributed by atoms with Gasteiger partial charge < -0.3 is 33.7 Å². The topological polar surface area (TPSA) is 102 Å². The van der Waals surface area contributed by atoms with Crippen molar-refractivity contribution in [3.05, 3.63) is 70.1 Å². The summed E-state index contributed by atoms with van der Waals surface area (Å²) in [6.45, 7) is 2.20. The van der Waals surface area contributed by atoms with Gasteiger partial charge in [-0.25, -0.2) is 4.79 Å². The van der Waals surface area contributed by atoms with E-state index in [1.54, 1.807) is 41.6 Å². The molecule has 2 aromatic carbocycles. The zero-order valence-corrected chi connectivity index (χ0v) is 23.2. The Labute approximate surface area is 228 Å². The van der Waals surface area contributed by atoms with Gasteiger partial charge in [-0.15, -0.1) is 0 Å². The predicted molar refractivity (Wildman–Crippen MR) is 145 cm³/mol. The van der Waals surface area contributed by atoms with E-state index in [0.717, 1.165) is 16.8 Å². The van der Waals surface area contributed by atoms with Crippen LogP contribution in [0.1, 0.15) is 42.7 Å². The quantitative estimate of drug-likeness (QED) is 0.352. The highest BCUT2D eigenvalue weighted by atomic mass is 16.6. The Kier molecular flexibility index (Phi) is 8.81. The zero-order valence-electron chi connectivity index (χ0n) is 23.2. The molecule has 0 amide bonds. The number of ketones is 1. The summed E-state index contributed by atoms with van der Waals surface area (Å²) < 4.78 is 32.4. The molecule has 9 heteroatoms. The number of hydrogen-bond donors (Lipinski definition) is 1. The second-order valence-corrected chi connectivity index (χ2v) is 9.37. The molecule has 0 saturated carbocycles. The van der Waals surface area contributed by atoms with Crippen molar-refractivity contribution in [1.29, 1.82) is 0 Å². The minimum atomic E-state index is -0.630. The van der Waals surface area contributed by atoms with E-state index in [1.165, 1.54) is 0 Å². The molecule has 1 aliphatic heterocycles. The summed E-state index contributed by atoms with van der Waals surface area (Å²) >= 11 is 0. The summed E-state index contributed by atoms with van der Waals surface area (Å²) in [5.74, 6) is 1.05. The molecule has 2 aliphatic rings. The van der Waals surface area contributed by atoms with E-state index in [-0.39, 0.29) is 31.3 Å². The maximum absolute atomic E-state index is 13.9. The molecule has 2 atom stereocenters. The number of methoxy groups -OCH3 is 5. The van der Waals surface area contributed by atoms with Crippen molar-refractivity contribution in [2.45, 2.75) is 31.6 Å². The van der Waals surface area contributed by atoms with Gasteiger partial charge in [0.25, 0.3) is 0 Å². The lowest BCUT2D eigenvalue weighted by molar-refractivity contribution is -0.140. The maximum atomic E-state index is 13.9. The number of esters is 1. The smallest absolute Gasteiger partial charge is 0.336 e. The number of dihydropyridines is 1. The standard InChI is InChI=1S/C30H35NO8/c1-17-27(30(33)39-12-11-34-2)28(19-8-10-24(36-4)26(16-19)38-6)29-21(31-17)13-20(14-22(29)32)18-7-9-23(35-3)25(15-18)37-5/h7-10,15-16,20,28,31H,11-14H2,1-6H3/t20-,28-/m1/s1. The Morgan fingerprint density at radius 3 is 2.00 bits per heavy atom. The maximum Gasteiger partial charge on any atom is 0.336 e. The molecule has 39 heavy (non-hydrogen) atoms. The number of ether oxygens (including phenoxy) is 6. The van der Waals surface area contributed by atoms with Gasteiger partial charge >= 0.3 is 5.97 Å². The SMILES string of the molecule is COCCOC(=O)C1=C(C)NC2=C(C(=O)C[C@H](c3ccc(OC)c(OC)c3)C2)[C@@H]1c1ccc(OC)c(OC)c1. The first-order valence-electron chi connectivity index (χ1n) is 12.7. The summed E-state index contributed by atoms with van der Waals surface area (Å²) in [5, 5.41) is 3.37. The van der Waals surface area contributed by atoms with E-state index in [4.69, 9.17) is 28.4 Å². The molecular formula is C30H35NO8.